The molecular weight excluding hydrogens is 834 g/mol. The summed E-state index contributed by atoms with van der Waals surface area (Å²) < 4.78 is 35.5. The minimum absolute atomic E-state index is 0.0361. The van der Waals surface area contributed by atoms with Crippen LogP contribution in [0.4, 0.5) is 4.39 Å². The van der Waals surface area contributed by atoms with Gasteiger partial charge in [-0.05, 0) is 107 Å². The number of nitrogens with zero attached hydrogens (tertiary/aromatic N) is 4. The molecule has 4 atom stereocenters. The number of hydrogen-bond donors (Lipinski definition) is 3. The zero-order chi connectivity index (χ0) is 45.8. The second kappa shape index (κ2) is 20.2. The lowest BCUT2D eigenvalue weighted by atomic mass is 9.80. The number of fused-ring (bicyclic) bond motifs is 2. The second-order valence-corrected chi connectivity index (χ2v) is 18.1. The first-order valence-corrected chi connectivity index (χ1v) is 23.2. The van der Waals surface area contributed by atoms with Crippen molar-refractivity contribution < 1.29 is 37.8 Å². The van der Waals surface area contributed by atoms with Crippen molar-refractivity contribution in [2.24, 2.45) is 30.5 Å². The molecule has 8 rings (SSSR count). The normalized spacial score (nSPS) is 24.2. The van der Waals surface area contributed by atoms with Crippen molar-refractivity contribution in [3.63, 3.8) is 0 Å². The molecule has 1 aliphatic carbocycles. The molecule has 1 unspecified atom stereocenters. The Morgan fingerprint density at radius 2 is 1.80 bits per heavy atom. The molecule has 4 N–H and O–H groups in total. The van der Waals surface area contributed by atoms with Gasteiger partial charge in [-0.2, -0.15) is 0 Å². The number of methoxy groups -OCH3 is 1. The number of nitrogens with one attached hydrogen (secondary N) is 2. The largest absolute Gasteiger partial charge is 0.496 e. The summed E-state index contributed by atoms with van der Waals surface area (Å²) in [5, 5.41) is 6.29. The molecular formula is C49H60FN7O8. The number of benzene rings is 2. The van der Waals surface area contributed by atoms with Gasteiger partial charge in [0.15, 0.2) is 6.17 Å². The number of carbonyl (C=O) groups is 4. The monoisotopic (exact) mass is 893 g/mol. The maximum Gasteiger partial charge on any atom is 0.329 e. The van der Waals surface area contributed by atoms with E-state index in [9.17, 15) is 28.4 Å². The summed E-state index contributed by atoms with van der Waals surface area (Å²) >= 11 is 0. The lowest BCUT2D eigenvalue weighted by Gasteiger charge is -2.33. The molecule has 0 radical (unpaired) electrons. The van der Waals surface area contributed by atoms with E-state index < -0.39 is 41.9 Å². The van der Waals surface area contributed by atoms with Gasteiger partial charge in [-0.1, -0.05) is 30.9 Å². The molecule has 2 aromatic carbocycles. The van der Waals surface area contributed by atoms with E-state index in [1.807, 2.05) is 25.1 Å². The van der Waals surface area contributed by atoms with E-state index in [2.05, 4.69) is 32.4 Å². The SMILES string of the molecule is CC[C@@H]1[C@H](F)C(=O)N[C@@H]1COc1ncc(C#CC2CCC(CCN3CCC(OCCCc4cccc5c4n(C)c(=O)n5C4CCC(=O)NC4=O)CC3)CC2)c2cc(C(N)=O)c(OC)cc12. The number of imide groups is 1. The summed E-state index contributed by atoms with van der Waals surface area (Å²) in [5.74, 6) is 5.77. The minimum Gasteiger partial charge on any atom is -0.496 e. The maximum atomic E-state index is 14.4. The topological polar surface area (TPSA) is 189 Å². The van der Waals surface area contributed by atoms with Crippen LogP contribution in [0.2, 0.25) is 0 Å². The van der Waals surface area contributed by atoms with Crippen LogP contribution in [0.1, 0.15) is 105 Å². The van der Waals surface area contributed by atoms with Gasteiger partial charge in [0.1, 0.15) is 18.4 Å². The number of piperidine rings is 2. The molecule has 16 heteroatoms. The van der Waals surface area contributed by atoms with Crippen molar-refractivity contribution in [2.45, 2.75) is 108 Å². The van der Waals surface area contributed by atoms with E-state index in [0.29, 0.717) is 47.2 Å². The predicted octanol–water partition coefficient (Wildman–Crippen LogP) is 4.88. The summed E-state index contributed by atoms with van der Waals surface area (Å²) in [4.78, 5) is 69.2. The number of aryl methyl sites for hydroxylation is 2. The molecule has 4 aromatic rings. The Balaban J connectivity index is 0.789. The van der Waals surface area contributed by atoms with E-state index in [-0.39, 0.29) is 53.8 Å². The Labute approximate surface area is 377 Å². The molecule has 5 heterocycles. The van der Waals surface area contributed by atoms with Gasteiger partial charge in [-0.25, -0.2) is 14.2 Å². The summed E-state index contributed by atoms with van der Waals surface area (Å²) in [6.45, 7) is 5.62. The van der Waals surface area contributed by atoms with Gasteiger partial charge in [0.05, 0.1) is 41.4 Å². The van der Waals surface area contributed by atoms with E-state index in [1.165, 1.54) is 11.7 Å². The highest BCUT2D eigenvalue weighted by Crippen LogP contribution is 2.35. The van der Waals surface area contributed by atoms with Crippen molar-refractivity contribution in [2.75, 3.05) is 40.0 Å². The van der Waals surface area contributed by atoms with Crippen LogP contribution in [0.3, 0.4) is 0 Å². The van der Waals surface area contributed by atoms with Gasteiger partial charge in [-0.3, -0.25) is 33.6 Å². The number of nitrogens with two attached hydrogens (primary N) is 1. The highest BCUT2D eigenvalue weighted by atomic mass is 19.1. The fourth-order valence-electron chi connectivity index (χ4n) is 10.3. The number of para-hydroxylation sites is 1. The average Bonchev–Trinajstić information content (AvgIpc) is 3.74. The van der Waals surface area contributed by atoms with Crippen molar-refractivity contribution >= 4 is 45.4 Å². The number of hydrogen-bond acceptors (Lipinski definition) is 10. The molecule has 4 amide bonds. The number of carbonyl (C=O) groups excluding carboxylic acids is 4. The molecule has 1 saturated carbocycles. The molecule has 4 aliphatic rings. The highest BCUT2D eigenvalue weighted by molar-refractivity contribution is 6.03. The van der Waals surface area contributed by atoms with Gasteiger partial charge in [-0.15, -0.1) is 0 Å². The second-order valence-electron chi connectivity index (χ2n) is 18.1. The standard InChI is InChI=1S/C49H60FN7O8/c1-4-34-38(53-47(61)43(34)50)28-65-48-36-26-41(63-3)37(45(51)59)25-35(36)32(27-52-48)15-14-29-10-12-30(13-11-29)18-21-56-22-19-33(20-23-56)64-24-6-8-31-7-5-9-39-44(31)55(2)49(62)57(39)40-16-17-42(58)54-46(40)60/h5,7,9,25-27,29-30,33-34,38,40,43H,4,6,8,10-13,16-24,28H2,1-3H3,(H2,51,59)(H,53,61)(H,54,58,60)/t29?,30?,34-,38+,40?,43-/m0/s1. The van der Waals surface area contributed by atoms with Crippen LogP contribution >= 0.6 is 0 Å². The fourth-order valence-corrected chi connectivity index (χ4v) is 10.3. The Morgan fingerprint density at radius 3 is 2.52 bits per heavy atom. The van der Waals surface area contributed by atoms with Gasteiger partial charge in [0.2, 0.25) is 17.7 Å². The Morgan fingerprint density at radius 1 is 1.02 bits per heavy atom. The molecule has 65 heavy (non-hydrogen) atoms. The Bertz CT molecular complexity index is 2560. The van der Waals surface area contributed by atoms with Gasteiger partial charge < -0.3 is 30.2 Å². The number of imidazole rings is 1. The quantitative estimate of drug-likeness (QED) is 0.0844. The van der Waals surface area contributed by atoms with Crippen molar-refractivity contribution in [1.82, 2.24) is 29.7 Å². The van der Waals surface area contributed by atoms with Crippen LogP contribution < -0.4 is 31.5 Å². The fraction of sp³-hybridized carbons (Fsp3) is 0.551. The Hall–Kier alpha value is -5.79. The number of rotatable bonds is 15. The lowest BCUT2D eigenvalue weighted by Crippen LogP contribution is -2.44. The summed E-state index contributed by atoms with van der Waals surface area (Å²) in [6, 6.07) is 7.95. The van der Waals surface area contributed by atoms with Crippen molar-refractivity contribution in [1.29, 1.82) is 0 Å². The van der Waals surface area contributed by atoms with Crippen molar-refractivity contribution in [3.8, 4) is 23.5 Å². The molecule has 0 bridgehead atoms. The molecule has 3 saturated heterocycles. The number of likely N-dealkylation sites (tertiary alicyclic amines) is 1. The summed E-state index contributed by atoms with van der Waals surface area (Å²) in [7, 11) is 3.19. The summed E-state index contributed by atoms with van der Waals surface area (Å²) in [5.41, 5.74) is 8.89. The molecule has 15 nitrogen and oxygen atoms in total. The lowest BCUT2D eigenvalue weighted by molar-refractivity contribution is -0.135. The molecule has 4 fully saturated rings. The number of primary amides is 1. The predicted molar refractivity (Wildman–Crippen MR) is 242 cm³/mol. The molecule has 3 aliphatic heterocycles. The van der Waals surface area contributed by atoms with Crippen molar-refractivity contribution in [3.05, 3.63) is 63.7 Å². The zero-order valence-electron chi connectivity index (χ0n) is 37.5. The van der Waals surface area contributed by atoms with E-state index in [4.69, 9.17) is 19.9 Å². The maximum absolute atomic E-state index is 14.4. The first-order chi connectivity index (χ1) is 31.4. The van der Waals surface area contributed by atoms with Crippen LogP contribution in [0.25, 0.3) is 21.8 Å². The molecule has 346 valence electrons. The zero-order valence-corrected chi connectivity index (χ0v) is 37.5. The number of alkyl halides is 1. The highest BCUT2D eigenvalue weighted by Gasteiger charge is 2.42. The van der Waals surface area contributed by atoms with Crippen LogP contribution in [0.15, 0.2) is 41.3 Å². The molecule has 2 aromatic heterocycles. The van der Waals surface area contributed by atoms with E-state index >= 15 is 0 Å². The smallest absolute Gasteiger partial charge is 0.329 e. The van der Waals surface area contributed by atoms with E-state index in [0.717, 1.165) is 88.5 Å². The third-order valence-corrected chi connectivity index (χ3v) is 14.1. The molecule has 0 spiro atoms. The Kier molecular flexibility index (Phi) is 14.2. The van der Waals surface area contributed by atoms with Gasteiger partial charge in [0.25, 0.3) is 11.8 Å². The first-order valence-electron chi connectivity index (χ1n) is 23.2. The third kappa shape index (κ3) is 9.91. The van der Waals surface area contributed by atoms with Crippen LogP contribution in [-0.2, 0) is 32.6 Å². The van der Waals surface area contributed by atoms with Crippen LogP contribution in [0.5, 0.6) is 11.6 Å². The minimum atomic E-state index is -1.58. The van der Waals surface area contributed by atoms with Gasteiger partial charge >= 0.3 is 5.69 Å². The van der Waals surface area contributed by atoms with E-state index in [1.54, 1.807) is 29.9 Å². The number of ether oxygens (including phenoxy) is 3. The van der Waals surface area contributed by atoms with Crippen LogP contribution in [-0.4, -0.2) is 101 Å². The average molecular weight is 894 g/mol. The number of halogens is 1. The summed E-state index contributed by atoms with van der Waals surface area (Å²) in [6.07, 6.45) is 10.3. The number of aromatic nitrogens is 3. The van der Waals surface area contributed by atoms with Crippen LogP contribution in [0, 0.1) is 29.6 Å². The third-order valence-electron chi connectivity index (χ3n) is 14.1. The first kappa shape index (κ1) is 45.8. The number of pyridine rings is 1. The van der Waals surface area contributed by atoms with Gasteiger partial charge in [0, 0.05) is 62.0 Å². The number of amides is 4.